The fourth-order valence-corrected chi connectivity index (χ4v) is 1.90. The molecule has 0 saturated heterocycles. The minimum absolute atomic E-state index is 0.0607. The molecular weight excluding hydrogens is 292 g/mol. The first kappa shape index (κ1) is 16.7. The summed E-state index contributed by atoms with van der Waals surface area (Å²) in [6.45, 7) is 0.274. The SMILES string of the molecule is CN(C)c1nc(CNC(=O)Cc2ccccc2)nc(N(C)C)n1. The molecule has 7 heteroatoms. The first-order chi connectivity index (χ1) is 11.0. The molecule has 0 fully saturated rings. The maximum atomic E-state index is 12.0. The number of hydrogen-bond donors (Lipinski definition) is 1. The molecule has 1 N–H and O–H groups in total. The third-order valence-electron chi connectivity index (χ3n) is 3.11. The van der Waals surface area contributed by atoms with Gasteiger partial charge in [-0.25, -0.2) is 0 Å². The number of carbonyl (C=O) groups is 1. The first-order valence-electron chi connectivity index (χ1n) is 7.36. The van der Waals surface area contributed by atoms with Crippen molar-refractivity contribution in [2.24, 2.45) is 0 Å². The van der Waals surface area contributed by atoms with Gasteiger partial charge in [0, 0.05) is 28.2 Å². The topological polar surface area (TPSA) is 74.2 Å². The smallest absolute Gasteiger partial charge is 0.229 e. The van der Waals surface area contributed by atoms with Gasteiger partial charge in [-0.2, -0.15) is 15.0 Å². The maximum absolute atomic E-state index is 12.0. The lowest BCUT2D eigenvalue weighted by Gasteiger charge is -2.16. The normalized spacial score (nSPS) is 10.3. The zero-order valence-corrected chi connectivity index (χ0v) is 13.9. The van der Waals surface area contributed by atoms with Gasteiger partial charge in [-0.05, 0) is 5.56 Å². The van der Waals surface area contributed by atoms with Crippen molar-refractivity contribution in [1.82, 2.24) is 20.3 Å². The molecule has 0 saturated carbocycles. The molecule has 0 aliphatic carbocycles. The van der Waals surface area contributed by atoms with Gasteiger partial charge in [0.05, 0.1) is 13.0 Å². The third kappa shape index (κ3) is 4.91. The minimum atomic E-state index is -0.0607. The summed E-state index contributed by atoms with van der Waals surface area (Å²) in [4.78, 5) is 28.7. The van der Waals surface area contributed by atoms with Gasteiger partial charge in [-0.1, -0.05) is 30.3 Å². The van der Waals surface area contributed by atoms with Gasteiger partial charge in [0.2, 0.25) is 17.8 Å². The molecule has 1 heterocycles. The van der Waals surface area contributed by atoms with Crippen LogP contribution < -0.4 is 15.1 Å². The second-order valence-corrected chi connectivity index (χ2v) is 5.58. The molecular formula is C16H22N6O. The monoisotopic (exact) mass is 314 g/mol. The molecule has 1 amide bonds. The van der Waals surface area contributed by atoms with Gasteiger partial charge in [0.25, 0.3) is 0 Å². The molecule has 0 spiro atoms. The van der Waals surface area contributed by atoms with E-state index in [4.69, 9.17) is 0 Å². The van der Waals surface area contributed by atoms with Crippen LogP contribution in [-0.2, 0) is 17.8 Å². The Bertz CT molecular complexity index is 631. The number of aromatic nitrogens is 3. The van der Waals surface area contributed by atoms with Gasteiger partial charge in [0.1, 0.15) is 0 Å². The predicted octanol–water partition coefficient (Wildman–Crippen LogP) is 0.862. The fraction of sp³-hybridized carbons (Fsp3) is 0.375. The highest BCUT2D eigenvalue weighted by Gasteiger charge is 2.11. The zero-order chi connectivity index (χ0) is 16.8. The lowest BCUT2D eigenvalue weighted by atomic mass is 10.1. The summed E-state index contributed by atoms with van der Waals surface area (Å²) >= 11 is 0. The van der Waals surface area contributed by atoms with Crippen molar-refractivity contribution in [2.45, 2.75) is 13.0 Å². The van der Waals surface area contributed by atoms with E-state index in [0.717, 1.165) is 5.56 Å². The molecule has 0 aliphatic heterocycles. The number of anilines is 2. The van der Waals surface area contributed by atoms with Crippen molar-refractivity contribution in [3.05, 3.63) is 41.7 Å². The van der Waals surface area contributed by atoms with E-state index in [1.54, 1.807) is 0 Å². The lowest BCUT2D eigenvalue weighted by molar-refractivity contribution is -0.120. The maximum Gasteiger partial charge on any atom is 0.229 e. The summed E-state index contributed by atoms with van der Waals surface area (Å²) in [5.41, 5.74) is 0.976. The van der Waals surface area contributed by atoms with Crippen LogP contribution in [0.4, 0.5) is 11.9 Å². The first-order valence-corrected chi connectivity index (χ1v) is 7.36. The highest BCUT2D eigenvalue weighted by Crippen LogP contribution is 2.10. The molecule has 0 aliphatic rings. The molecule has 1 aromatic carbocycles. The van der Waals surface area contributed by atoms with Gasteiger partial charge in [0.15, 0.2) is 5.82 Å². The van der Waals surface area contributed by atoms with Crippen LogP contribution in [0.15, 0.2) is 30.3 Å². The van der Waals surface area contributed by atoms with Crippen LogP contribution in [-0.4, -0.2) is 49.0 Å². The largest absolute Gasteiger partial charge is 0.349 e. The highest BCUT2D eigenvalue weighted by atomic mass is 16.1. The van der Waals surface area contributed by atoms with Crippen molar-refractivity contribution < 1.29 is 4.79 Å². The van der Waals surface area contributed by atoms with E-state index >= 15 is 0 Å². The summed E-state index contributed by atoms with van der Waals surface area (Å²) in [5.74, 6) is 1.61. The van der Waals surface area contributed by atoms with Crippen molar-refractivity contribution >= 4 is 17.8 Å². The lowest BCUT2D eigenvalue weighted by Crippen LogP contribution is -2.27. The predicted molar refractivity (Wildman–Crippen MR) is 90.5 cm³/mol. The van der Waals surface area contributed by atoms with E-state index < -0.39 is 0 Å². The fourth-order valence-electron chi connectivity index (χ4n) is 1.90. The Labute approximate surface area is 136 Å². The second kappa shape index (κ2) is 7.53. The van der Waals surface area contributed by atoms with Gasteiger partial charge >= 0.3 is 0 Å². The molecule has 0 atom stereocenters. The number of amides is 1. The number of nitrogens with zero attached hydrogens (tertiary/aromatic N) is 5. The Morgan fingerprint density at radius 3 is 2.04 bits per heavy atom. The standard InChI is InChI=1S/C16H22N6O/c1-21(2)15-18-13(19-16(20-15)22(3)4)11-17-14(23)10-12-8-6-5-7-9-12/h5-9H,10-11H2,1-4H3,(H,17,23). The minimum Gasteiger partial charge on any atom is -0.349 e. The van der Waals surface area contributed by atoms with Crippen LogP contribution >= 0.6 is 0 Å². The Kier molecular flexibility index (Phi) is 5.46. The zero-order valence-electron chi connectivity index (χ0n) is 13.9. The van der Waals surface area contributed by atoms with Crippen LogP contribution in [0.3, 0.4) is 0 Å². The van der Waals surface area contributed by atoms with Crippen molar-refractivity contribution in [3.63, 3.8) is 0 Å². The number of rotatable bonds is 6. The number of hydrogen-bond acceptors (Lipinski definition) is 6. The quantitative estimate of drug-likeness (QED) is 0.852. The molecule has 0 radical (unpaired) electrons. The Balaban J connectivity index is 2.03. The molecule has 2 aromatic rings. The molecule has 122 valence electrons. The van der Waals surface area contributed by atoms with Crippen LogP contribution in [0.5, 0.6) is 0 Å². The summed E-state index contributed by atoms with van der Waals surface area (Å²) in [6, 6.07) is 9.62. The summed E-state index contributed by atoms with van der Waals surface area (Å²) < 4.78 is 0. The van der Waals surface area contributed by atoms with E-state index in [-0.39, 0.29) is 12.5 Å². The Morgan fingerprint density at radius 1 is 0.957 bits per heavy atom. The molecule has 23 heavy (non-hydrogen) atoms. The molecule has 0 unspecified atom stereocenters. The van der Waals surface area contributed by atoms with Gasteiger partial charge in [-0.3, -0.25) is 4.79 Å². The second-order valence-electron chi connectivity index (χ2n) is 5.58. The van der Waals surface area contributed by atoms with Crippen molar-refractivity contribution in [2.75, 3.05) is 38.0 Å². The van der Waals surface area contributed by atoms with Crippen LogP contribution in [0.1, 0.15) is 11.4 Å². The van der Waals surface area contributed by atoms with Crippen molar-refractivity contribution in [3.8, 4) is 0 Å². The molecule has 2 rings (SSSR count). The van der Waals surface area contributed by atoms with Crippen LogP contribution in [0.2, 0.25) is 0 Å². The van der Waals surface area contributed by atoms with Crippen LogP contribution in [0, 0.1) is 0 Å². The molecule has 1 aromatic heterocycles. The van der Waals surface area contributed by atoms with E-state index in [1.165, 1.54) is 0 Å². The Morgan fingerprint density at radius 2 is 1.52 bits per heavy atom. The highest BCUT2D eigenvalue weighted by molar-refractivity contribution is 5.78. The van der Waals surface area contributed by atoms with E-state index in [0.29, 0.717) is 24.1 Å². The van der Waals surface area contributed by atoms with Gasteiger partial charge in [-0.15, -0.1) is 0 Å². The van der Waals surface area contributed by atoms with Crippen LogP contribution in [0.25, 0.3) is 0 Å². The third-order valence-corrected chi connectivity index (χ3v) is 3.11. The average molecular weight is 314 g/mol. The number of carbonyl (C=O) groups excluding carboxylic acids is 1. The van der Waals surface area contributed by atoms with Crippen molar-refractivity contribution in [1.29, 1.82) is 0 Å². The number of benzene rings is 1. The Hall–Kier alpha value is -2.70. The van der Waals surface area contributed by atoms with E-state index in [2.05, 4.69) is 20.3 Å². The van der Waals surface area contributed by atoms with E-state index in [9.17, 15) is 4.79 Å². The molecule has 0 bridgehead atoms. The molecule has 7 nitrogen and oxygen atoms in total. The van der Waals surface area contributed by atoms with Gasteiger partial charge < -0.3 is 15.1 Å². The summed E-state index contributed by atoms with van der Waals surface area (Å²) in [7, 11) is 7.47. The average Bonchev–Trinajstić information content (AvgIpc) is 2.53. The van der Waals surface area contributed by atoms with E-state index in [1.807, 2.05) is 68.3 Å². The summed E-state index contributed by atoms with van der Waals surface area (Å²) in [5, 5.41) is 2.85. The summed E-state index contributed by atoms with van der Waals surface area (Å²) in [6.07, 6.45) is 0.340. The number of nitrogens with one attached hydrogen (secondary N) is 1.